The lowest BCUT2D eigenvalue weighted by atomic mass is 10.0. The van der Waals surface area contributed by atoms with Gasteiger partial charge in [0.05, 0.1) is 18.3 Å². The van der Waals surface area contributed by atoms with Gasteiger partial charge in [-0.15, -0.1) is 0 Å². The van der Waals surface area contributed by atoms with E-state index in [0.717, 1.165) is 27.8 Å². The van der Waals surface area contributed by atoms with Gasteiger partial charge in [0.15, 0.2) is 0 Å². The number of hydrogen-bond acceptors (Lipinski definition) is 6. The number of pyridine rings is 1. The van der Waals surface area contributed by atoms with Crippen molar-refractivity contribution < 1.29 is 19.1 Å². The molecule has 3 aromatic rings. The van der Waals surface area contributed by atoms with Gasteiger partial charge in [-0.2, -0.15) is 5.10 Å². The van der Waals surface area contributed by atoms with E-state index in [1.54, 1.807) is 17.1 Å². The molecule has 1 aliphatic rings. The number of fused-ring (bicyclic) bond motifs is 1. The van der Waals surface area contributed by atoms with Crippen LogP contribution in [-0.2, 0) is 20.9 Å². The molecular formula is C22H24N4O4. The Bertz CT molecular complexity index is 1080. The third-order valence-electron chi connectivity index (χ3n) is 5.26. The Kier molecular flexibility index (Phi) is 5.65. The Morgan fingerprint density at radius 1 is 1.37 bits per heavy atom. The van der Waals surface area contributed by atoms with E-state index in [2.05, 4.69) is 15.4 Å². The number of aromatic nitrogens is 3. The van der Waals surface area contributed by atoms with Gasteiger partial charge >= 0.3 is 5.97 Å². The SMILES string of the molecule is CC(=O)OCCn1cc(-c2cc(O[C@H](C)C3CNC(=O)C3)c3cccnc3c2)cn1. The fraction of sp³-hybridized carbons (Fsp3) is 0.364. The molecule has 156 valence electrons. The summed E-state index contributed by atoms with van der Waals surface area (Å²) in [5.74, 6) is 0.627. The van der Waals surface area contributed by atoms with Crippen molar-refractivity contribution in [1.29, 1.82) is 0 Å². The van der Waals surface area contributed by atoms with E-state index in [9.17, 15) is 9.59 Å². The van der Waals surface area contributed by atoms with Gasteiger partial charge in [-0.3, -0.25) is 19.3 Å². The molecule has 0 spiro atoms. The summed E-state index contributed by atoms with van der Waals surface area (Å²) in [6.07, 6.45) is 5.78. The van der Waals surface area contributed by atoms with Crippen LogP contribution >= 0.6 is 0 Å². The number of nitrogens with zero attached hydrogens (tertiary/aromatic N) is 3. The van der Waals surface area contributed by atoms with E-state index < -0.39 is 0 Å². The number of hydrogen-bond donors (Lipinski definition) is 1. The molecule has 8 nitrogen and oxygen atoms in total. The van der Waals surface area contributed by atoms with Crippen LogP contribution in [0.2, 0.25) is 0 Å². The minimum atomic E-state index is -0.307. The van der Waals surface area contributed by atoms with Gasteiger partial charge in [-0.25, -0.2) is 0 Å². The summed E-state index contributed by atoms with van der Waals surface area (Å²) >= 11 is 0. The van der Waals surface area contributed by atoms with E-state index in [0.29, 0.717) is 19.5 Å². The lowest BCUT2D eigenvalue weighted by Gasteiger charge is -2.21. The highest BCUT2D eigenvalue weighted by atomic mass is 16.5. The summed E-state index contributed by atoms with van der Waals surface area (Å²) in [7, 11) is 0. The van der Waals surface area contributed by atoms with Crippen LogP contribution < -0.4 is 10.1 Å². The van der Waals surface area contributed by atoms with Gasteiger partial charge in [-0.1, -0.05) is 0 Å². The third kappa shape index (κ3) is 4.42. The number of ether oxygens (including phenoxy) is 2. The molecule has 2 atom stereocenters. The van der Waals surface area contributed by atoms with Gasteiger partial charge in [0.2, 0.25) is 5.91 Å². The number of nitrogens with one attached hydrogen (secondary N) is 1. The number of carbonyl (C=O) groups excluding carboxylic acids is 2. The monoisotopic (exact) mass is 408 g/mol. The summed E-state index contributed by atoms with van der Waals surface area (Å²) in [5, 5.41) is 8.14. The summed E-state index contributed by atoms with van der Waals surface area (Å²) in [6, 6.07) is 7.85. The molecule has 1 unspecified atom stereocenters. The molecule has 1 N–H and O–H groups in total. The van der Waals surface area contributed by atoms with Crippen molar-refractivity contribution in [2.45, 2.75) is 32.9 Å². The van der Waals surface area contributed by atoms with Crippen LogP contribution in [0.5, 0.6) is 5.75 Å². The van der Waals surface area contributed by atoms with E-state index in [4.69, 9.17) is 9.47 Å². The third-order valence-corrected chi connectivity index (χ3v) is 5.26. The summed E-state index contributed by atoms with van der Waals surface area (Å²) < 4.78 is 13.0. The number of benzene rings is 1. The first kappa shape index (κ1) is 19.9. The van der Waals surface area contributed by atoms with Crippen molar-refractivity contribution in [3.8, 4) is 16.9 Å². The van der Waals surface area contributed by atoms with Crippen molar-refractivity contribution in [2.24, 2.45) is 5.92 Å². The standard InChI is InChI=1S/C22H24N4O4/c1-14(17-10-22(28)24-11-17)30-21-9-16(8-20-19(21)4-3-5-23-20)18-12-25-26(13-18)6-7-29-15(2)27/h3-5,8-9,12-14,17H,6-7,10-11H2,1-2H3,(H,24,28)/t14-,17?/m1/s1. The van der Waals surface area contributed by atoms with Crippen molar-refractivity contribution in [3.63, 3.8) is 0 Å². The topological polar surface area (TPSA) is 95.3 Å². The second-order valence-corrected chi connectivity index (χ2v) is 7.47. The quantitative estimate of drug-likeness (QED) is 0.604. The lowest BCUT2D eigenvalue weighted by molar-refractivity contribution is -0.141. The van der Waals surface area contributed by atoms with Crippen molar-refractivity contribution in [1.82, 2.24) is 20.1 Å². The molecule has 0 aliphatic carbocycles. The maximum Gasteiger partial charge on any atom is 0.302 e. The molecule has 1 aliphatic heterocycles. The number of rotatable bonds is 7. The lowest BCUT2D eigenvalue weighted by Crippen LogP contribution is -2.25. The zero-order chi connectivity index (χ0) is 21.1. The molecule has 0 saturated carbocycles. The highest BCUT2D eigenvalue weighted by molar-refractivity contribution is 5.90. The Labute approximate surface area is 174 Å². The zero-order valence-corrected chi connectivity index (χ0v) is 17.0. The maximum atomic E-state index is 11.6. The Balaban J connectivity index is 1.59. The van der Waals surface area contributed by atoms with Gasteiger partial charge in [0.25, 0.3) is 0 Å². The first-order chi connectivity index (χ1) is 14.5. The second kappa shape index (κ2) is 8.52. The molecule has 1 fully saturated rings. The largest absolute Gasteiger partial charge is 0.490 e. The van der Waals surface area contributed by atoms with E-state index in [1.165, 1.54) is 6.92 Å². The van der Waals surface area contributed by atoms with Gasteiger partial charge in [0, 0.05) is 49.2 Å². The molecule has 1 amide bonds. The molecule has 0 radical (unpaired) electrons. The van der Waals surface area contributed by atoms with E-state index in [-0.39, 0.29) is 30.5 Å². The Morgan fingerprint density at radius 2 is 2.23 bits per heavy atom. The zero-order valence-electron chi connectivity index (χ0n) is 17.0. The van der Waals surface area contributed by atoms with Gasteiger partial charge in [0.1, 0.15) is 18.5 Å². The highest BCUT2D eigenvalue weighted by Crippen LogP contribution is 2.33. The van der Waals surface area contributed by atoms with Crippen molar-refractivity contribution in [3.05, 3.63) is 42.9 Å². The van der Waals surface area contributed by atoms with E-state index >= 15 is 0 Å². The predicted molar refractivity (Wildman–Crippen MR) is 111 cm³/mol. The van der Waals surface area contributed by atoms with Gasteiger partial charge < -0.3 is 14.8 Å². The van der Waals surface area contributed by atoms with Crippen LogP contribution in [0.4, 0.5) is 0 Å². The fourth-order valence-electron chi connectivity index (χ4n) is 3.59. The van der Waals surface area contributed by atoms with Crippen LogP contribution in [0.25, 0.3) is 22.0 Å². The minimum Gasteiger partial charge on any atom is -0.490 e. The molecule has 0 bridgehead atoms. The first-order valence-corrected chi connectivity index (χ1v) is 9.98. The average Bonchev–Trinajstić information content (AvgIpc) is 3.37. The van der Waals surface area contributed by atoms with Crippen LogP contribution in [0.15, 0.2) is 42.9 Å². The van der Waals surface area contributed by atoms with Crippen LogP contribution in [0.3, 0.4) is 0 Å². The molecule has 4 rings (SSSR count). The van der Waals surface area contributed by atoms with Crippen molar-refractivity contribution >= 4 is 22.8 Å². The summed E-state index contributed by atoms with van der Waals surface area (Å²) in [6.45, 7) is 4.76. The van der Waals surface area contributed by atoms with Crippen LogP contribution in [0, 0.1) is 5.92 Å². The Hall–Kier alpha value is -3.42. The smallest absolute Gasteiger partial charge is 0.302 e. The summed E-state index contributed by atoms with van der Waals surface area (Å²) in [5.41, 5.74) is 2.67. The predicted octanol–water partition coefficient (Wildman–Crippen LogP) is 2.56. The molecular weight excluding hydrogens is 384 g/mol. The van der Waals surface area contributed by atoms with E-state index in [1.807, 2.05) is 37.4 Å². The highest BCUT2D eigenvalue weighted by Gasteiger charge is 2.28. The first-order valence-electron chi connectivity index (χ1n) is 9.98. The van der Waals surface area contributed by atoms with Crippen LogP contribution in [0.1, 0.15) is 20.3 Å². The van der Waals surface area contributed by atoms with Crippen molar-refractivity contribution in [2.75, 3.05) is 13.2 Å². The van der Waals surface area contributed by atoms with Gasteiger partial charge in [-0.05, 0) is 36.8 Å². The van der Waals surface area contributed by atoms with Crippen LogP contribution in [-0.4, -0.2) is 45.9 Å². The average molecular weight is 408 g/mol. The summed E-state index contributed by atoms with van der Waals surface area (Å²) in [4.78, 5) is 27.0. The number of amides is 1. The molecule has 2 aromatic heterocycles. The maximum absolute atomic E-state index is 11.6. The number of esters is 1. The minimum absolute atomic E-state index is 0.0666. The molecule has 1 aromatic carbocycles. The molecule has 8 heteroatoms. The second-order valence-electron chi connectivity index (χ2n) is 7.47. The molecule has 1 saturated heterocycles. The molecule has 3 heterocycles. The molecule has 30 heavy (non-hydrogen) atoms. The Morgan fingerprint density at radius 3 is 3.00 bits per heavy atom. The number of carbonyl (C=O) groups is 2. The fourth-order valence-corrected chi connectivity index (χ4v) is 3.59. The normalized spacial score (nSPS) is 17.0.